The lowest BCUT2D eigenvalue weighted by atomic mass is 9.76. The number of piperidine rings is 1. The van der Waals surface area contributed by atoms with Crippen molar-refractivity contribution in [2.75, 3.05) is 26.3 Å². The van der Waals surface area contributed by atoms with Crippen molar-refractivity contribution in [2.24, 2.45) is 5.41 Å². The predicted molar refractivity (Wildman–Crippen MR) is 92.9 cm³/mol. The highest BCUT2D eigenvalue weighted by atomic mass is 16.5. The van der Waals surface area contributed by atoms with Crippen LogP contribution in [-0.4, -0.2) is 53.4 Å². The van der Waals surface area contributed by atoms with Gasteiger partial charge in [0.15, 0.2) is 0 Å². The summed E-state index contributed by atoms with van der Waals surface area (Å²) in [7, 11) is 0. The van der Waals surface area contributed by atoms with Gasteiger partial charge in [-0.15, -0.1) is 0 Å². The molecule has 2 aliphatic heterocycles. The van der Waals surface area contributed by atoms with Crippen LogP contribution in [0.5, 0.6) is 5.88 Å². The fraction of sp³-hybridized carbons (Fsp3) is 0.526. The predicted octanol–water partition coefficient (Wildman–Crippen LogP) is 2.47. The number of likely N-dealkylation sites (tertiary alicyclic amines) is 1. The van der Waals surface area contributed by atoms with Gasteiger partial charge in [0, 0.05) is 31.4 Å². The van der Waals surface area contributed by atoms with E-state index in [9.17, 15) is 4.79 Å². The number of hydrogen-bond acceptors (Lipinski definition) is 6. The molecule has 138 valence electrons. The summed E-state index contributed by atoms with van der Waals surface area (Å²) in [4.78, 5) is 18.5. The van der Waals surface area contributed by atoms with Crippen LogP contribution in [0.1, 0.15) is 35.5 Å². The monoisotopic (exact) mass is 357 g/mol. The summed E-state index contributed by atoms with van der Waals surface area (Å²) in [6.07, 6.45) is 4.63. The summed E-state index contributed by atoms with van der Waals surface area (Å²) in [5, 5.41) is 3.80. The fourth-order valence-corrected chi connectivity index (χ4v) is 3.77. The number of aromatic nitrogens is 2. The topological polar surface area (TPSA) is 77.7 Å². The van der Waals surface area contributed by atoms with Gasteiger partial charge in [0.25, 0.3) is 5.91 Å². The van der Waals surface area contributed by atoms with E-state index in [1.54, 1.807) is 12.3 Å². The van der Waals surface area contributed by atoms with Crippen molar-refractivity contribution in [1.29, 1.82) is 0 Å². The molecule has 1 spiro atoms. The Hall–Kier alpha value is -2.41. The first-order valence-electron chi connectivity index (χ1n) is 9.02. The molecular weight excluding hydrogens is 334 g/mol. The molecule has 2 aliphatic rings. The van der Waals surface area contributed by atoms with Gasteiger partial charge in [0.1, 0.15) is 6.61 Å². The summed E-state index contributed by atoms with van der Waals surface area (Å²) in [5.41, 5.74) is 0.869. The van der Waals surface area contributed by atoms with Crippen LogP contribution in [0.2, 0.25) is 0 Å². The molecule has 0 aromatic carbocycles. The molecule has 0 saturated carbocycles. The number of amides is 1. The van der Waals surface area contributed by atoms with E-state index in [0.29, 0.717) is 18.2 Å². The van der Waals surface area contributed by atoms with Crippen LogP contribution >= 0.6 is 0 Å². The molecule has 1 unspecified atom stereocenters. The van der Waals surface area contributed by atoms with Gasteiger partial charge in [-0.25, -0.2) is 4.98 Å². The van der Waals surface area contributed by atoms with Crippen LogP contribution in [0, 0.1) is 12.3 Å². The molecule has 2 aromatic heterocycles. The number of carbonyl (C=O) groups is 1. The van der Waals surface area contributed by atoms with E-state index < -0.39 is 0 Å². The molecule has 2 aromatic rings. The third-order valence-electron chi connectivity index (χ3n) is 5.29. The zero-order valence-corrected chi connectivity index (χ0v) is 14.9. The molecule has 0 radical (unpaired) electrons. The first kappa shape index (κ1) is 17.0. The van der Waals surface area contributed by atoms with Crippen molar-refractivity contribution in [2.45, 2.75) is 32.3 Å². The van der Waals surface area contributed by atoms with Crippen LogP contribution in [0.15, 0.2) is 35.0 Å². The Morgan fingerprint density at radius 2 is 2.23 bits per heavy atom. The summed E-state index contributed by atoms with van der Waals surface area (Å²) < 4.78 is 16.8. The summed E-state index contributed by atoms with van der Waals surface area (Å²) in [5.74, 6) is 0.872. The smallest absolute Gasteiger partial charge is 0.292 e. The second-order valence-electron chi connectivity index (χ2n) is 7.24. The number of pyridine rings is 1. The van der Waals surface area contributed by atoms with Crippen LogP contribution < -0.4 is 4.74 Å². The van der Waals surface area contributed by atoms with Crippen molar-refractivity contribution in [3.63, 3.8) is 0 Å². The second-order valence-corrected chi connectivity index (χ2v) is 7.24. The molecule has 4 heterocycles. The van der Waals surface area contributed by atoms with Crippen molar-refractivity contribution >= 4 is 5.91 Å². The lowest BCUT2D eigenvalue weighted by Crippen LogP contribution is -2.43. The molecule has 4 rings (SSSR count). The Balaban J connectivity index is 1.28. The van der Waals surface area contributed by atoms with Crippen molar-refractivity contribution in [1.82, 2.24) is 15.0 Å². The van der Waals surface area contributed by atoms with E-state index in [2.05, 4.69) is 10.1 Å². The van der Waals surface area contributed by atoms with Crippen LogP contribution in [0.25, 0.3) is 0 Å². The minimum atomic E-state index is -0.0746. The zero-order valence-electron chi connectivity index (χ0n) is 14.9. The average molecular weight is 357 g/mol. The third kappa shape index (κ3) is 3.58. The highest BCUT2D eigenvalue weighted by Gasteiger charge is 2.43. The Morgan fingerprint density at radius 1 is 1.38 bits per heavy atom. The molecule has 0 aliphatic carbocycles. The van der Waals surface area contributed by atoms with Crippen LogP contribution in [-0.2, 0) is 4.74 Å². The molecule has 2 fully saturated rings. The van der Waals surface area contributed by atoms with Gasteiger partial charge in [-0.2, -0.15) is 0 Å². The maximum absolute atomic E-state index is 12.5. The van der Waals surface area contributed by atoms with E-state index >= 15 is 0 Å². The average Bonchev–Trinajstić information content (AvgIpc) is 3.28. The number of hydrogen-bond donors (Lipinski definition) is 0. The Kier molecular flexibility index (Phi) is 4.63. The number of carbonyl (C=O) groups excluding carboxylic acids is 1. The number of nitrogens with zero attached hydrogens (tertiary/aromatic N) is 3. The van der Waals surface area contributed by atoms with Gasteiger partial charge in [-0.3, -0.25) is 4.79 Å². The van der Waals surface area contributed by atoms with E-state index in [-0.39, 0.29) is 17.4 Å². The van der Waals surface area contributed by atoms with Gasteiger partial charge >= 0.3 is 0 Å². The second kappa shape index (κ2) is 7.07. The molecule has 7 heteroatoms. The highest BCUT2D eigenvalue weighted by molar-refractivity contribution is 5.91. The summed E-state index contributed by atoms with van der Waals surface area (Å²) in [6.45, 7) is 4.49. The Bertz CT molecular complexity index is 753. The molecule has 1 amide bonds. The standard InChI is InChI=1S/C19H23N3O4/c1-14-10-16(26-21-14)18(23)22-8-5-19(6-9-22)11-15(25-13-19)12-24-17-4-2-3-7-20-17/h2-4,7,10,15H,5-6,8-9,11-13H2,1H3. The first-order chi connectivity index (χ1) is 12.6. The largest absolute Gasteiger partial charge is 0.475 e. The number of rotatable bonds is 4. The van der Waals surface area contributed by atoms with E-state index in [4.69, 9.17) is 14.0 Å². The lowest BCUT2D eigenvalue weighted by molar-refractivity contribution is 0.0406. The van der Waals surface area contributed by atoms with Crippen molar-refractivity contribution in [3.8, 4) is 5.88 Å². The molecule has 0 bridgehead atoms. The minimum absolute atomic E-state index is 0.0746. The number of aryl methyl sites for hydroxylation is 1. The molecule has 0 N–H and O–H groups in total. The molecule has 1 atom stereocenters. The van der Waals surface area contributed by atoms with E-state index in [1.807, 2.05) is 30.0 Å². The third-order valence-corrected chi connectivity index (χ3v) is 5.29. The lowest BCUT2D eigenvalue weighted by Gasteiger charge is -2.38. The Labute approximate surface area is 152 Å². The molecule has 2 saturated heterocycles. The molecular formula is C19H23N3O4. The van der Waals surface area contributed by atoms with Gasteiger partial charge in [0.2, 0.25) is 11.6 Å². The summed E-state index contributed by atoms with van der Waals surface area (Å²) >= 11 is 0. The minimum Gasteiger partial charge on any atom is -0.475 e. The molecule has 7 nitrogen and oxygen atoms in total. The van der Waals surface area contributed by atoms with Gasteiger partial charge in [-0.05, 0) is 37.7 Å². The number of ether oxygens (including phenoxy) is 2. The van der Waals surface area contributed by atoms with Gasteiger partial charge in [0.05, 0.1) is 18.4 Å². The quantitative estimate of drug-likeness (QED) is 0.836. The first-order valence-corrected chi connectivity index (χ1v) is 9.02. The van der Waals surface area contributed by atoms with Gasteiger partial charge in [-0.1, -0.05) is 11.2 Å². The highest BCUT2D eigenvalue weighted by Crippen LogP contribution is 2.42. The Morgan fingerprint density at radius 3 is 2.92 bits per heavy atom. The van der Waals surface area contributed by atoms with E-state index in [0.717, 1.165) is 44.7 Å². The van der Waals surface area contributed by atoms with E-state index in [1.165, 1.54) is 0 Å². The zero-order chi connectivity index (χ0) is 18.0. The van der Waals surface area contributed by atoms with Crippen molar-refractivity contribution < 1.29 is 18.8 Å². The van der Waals surface area contributed by atoms with Crippen LogP contribution in [0.3, 0.4) is 0 Å². The summed E-state index contributed by atoms with van der Waals surface area (Å²) in [6, 6.07) is 7.31. The van der Waals surface area contributed by atoms with Gasteiger partial charge < -0.3 is 18.9 Å². The maximum atomic E-state index is 12.5. The SMILES string of the molecule is Cc1cc(C(=O)N2CCC3(CC2)COC(COc2ccccn2)C3)on1. The van der Waals surface area contributed by atoms with Crippen molar-refractivity contribution in [3.05, 3.63) is 41.9 Å². The normalized spacial score (nSPS) is 21.9. The van der Waals surface area contributed by atoms with Crippen LogP contribution in [0.4, 0.5) is 0 Å². The maximum Gasteiger partial charge on any atom is 0.292 e. The molecule has 26 heavy (non-hydrogen) atoms. The fourth-order valence-electron chi connectivity index (χ4n) is 3.77.